The molecule has 3 rings (SSSR count). The van der Waals surface area contributed by atoms with E-state index in [1.807, 2.05) is 12.1 Å². The first-order chi connectivity index (χ1) is 10.7. The van der Waals surface area contributed by atoms with E-state index in [1.54, 1.807) is 0 Å². The molecule has 1 saturated carbocycles. The van der Waals surface area contributed by atoms with Crippen LogP contribution in [0.15, 0.2) is 24.3 Å². The first-order valence-electron chi connectivity index (χ1n) is 8.48. The van der Waals surface area contributed by atoms with Crippen LogP contribution in [-0.4, -0.2) is 29.9 Å². The largest absolute Gasteiger partial charge is 0.352 e. The SMILES string of the molecule is O=C(N[C@H]1CCCN(Cc2ccc(Cl)cc2)C1)C1CCCC1. The first-order valence-corrected chi connectivity index (χ1v) is 8.86. The van der Waals surface area contributed by atoms with Crippen LogP contribution in [0, 0.1) is 5.92 Å². The molecule has 0 spiro atoms. The summed E-state index contributed by atoms with van der Waals surface area (Å²) < 4.78 is 0. The smallest absolute Gasteiger partial charge is 0.223 e. The predicted molar refractivity (Wildman–Crippen MR) is 89.9 cm³/mol. The zero-order valence-electron chi connectivity index (χ0n) is 13.1. The first kappa shape index (κ1) is 15.8. The molecule has 1 N–H and O–H groups in total. The molecule has 1 heterocycles. The van der Waals surface area contributed by atoms with Crippen molar-refractivity contribution in [2.75, 3.05) is 13.1 Å². The molecule has 3 nitrogen and oxygen atoms in total. The summed E-state index contributed by atoms with van der Waals surface area (Å²) in [6.07, 6.45) is 6.84. The highest BCUT2D eigenvalue weighted by atomic mass is 35.5. The monoisotopic (exact) mass is 320 g/mol. The Balaban J connectivity index is 1.50. The predicted octanol–water partition coefficient (Wildman–Crippen LogP) is 3.61. The van der Waals surface area contributed by atoms with Crippen LogP contribution in [0.25, 0.3) is 0 Å². The minimum atomic E-state index is 0.270. The van der Waals surface area contributed by atoms with Crippen LogP contribution in [0.1, 0.15) is 44.1 Å². The van der Waals surface area contributed by atoms with Gasteiger partial charge in [0.2, 0.25) is 5.91 Å². The van der Waals surface area contributed by atoms with Gasteiger partial charge in [-0.15, -0.1) is 0 Å². The molecule has 0 unspecified atom stereocenters. The molecular weight excluding hydrogens is 296 g/mol. The summed E-state index contributed by atoms with van der Waals surface area (Å²) in [5, 5.41) is 4.07. The van der Waals surface area contributed by atoms with Crippen molar-refractivity contribution in [2.45, 2.75) is 51.1 Å². The molecule has 4 heteroatoms. The van der Waals surface area contributed by atoms with Gasteiger partial charge in [0, 0.05) is 30.1 Å². The van der Waals surface area contributed by atoms with E-state index in [0.29, 0.717) is 6.04 Å². The van der Waals surface area contributed by atoms with Gasteiger partial charge in [-0.05, 0) is 49.9 Å². The van der Waals surface area contributed by atoms with Crippen molar-refractivity contribution in [1.29, 1.82) is 0 Å². The lowest BCUT2D eigenvalue weighted by Gasteiger charge is -2.33. The molecule has 0 bridgehead atoms. The Hall–Kier alpha value is -1.06. The van der Waals surface area contributed by atoms with Crippen LogP contribution < -0.4 is 5.32 Å². The average molecular weight is 321 g/mol. The quantitative estimate of drug-likeness (QED) is 0.919. The number of benzene rings is 1. The molecule has 2 aliphatic rings. The van der Waals surface area contributed by atoms with Crippen molar-refractivity contribution in [1.82, 2.24) is 10.2 Å². The maximum absolute atomic E-state index is 12.3. The number of nitrogens with one attached hydrogen (secondary N) is 1. The number of hydrogen-bond donors (Lipinski definition) is 1. The van der Waals surface area contributed by atoms with Crippen LogP contribution in [0.2, 0.25) is 5.02 Å². The molecule has 1 aromatic carbocycles. The van der Waals surface area contributed by atoms with Gasteiger partial charge in [0.1, 0.15) is 0 Å². The molecule has 120 valence electrons. The summed E-state index contributed by atoms with van der Waals surface area (Å²) in [6, 6.07) is 8.38. The van der Waals surface area contributed by atoms with Gasteiger partial charge in [0.25, 0.3) is 0 Å². The summed E-state index contributed by atoms with van der Waals surface area (Å²) >= 11 is 5.94. The molecule has 1 atom stereocenters. The second kappa shape index (κ2) is 7.47. The third-order valence-electron chi connectivity index (χ3n) is 4.90. The van der Waals surface area contributed by atoms with Crippen molar-refractivity contribution < 1.29 is 4.79 Å². The fraction of sp³-hybridized carbons (Fsp3) is 0.611. The van der Waals surface area contributed by atoms with Crippen LogP contribution in [0.3, 0.4) is 0 Å². The summed E-state index contributed by atoms with van der Waals surface area (Å²) in [5.41, 5.74) is 1.28. The van der Waals surface area contributed by atoms with Crippen molar-refractivity contribution >= 4 is 17.5 Å². The number of carbonyl (C=O) groups is 1. The minimum absolute atomic E-state index is 0.270. The third kappa shape index (κ3) is 4.23. The van der Waals surface area contributed by atoms with Gasteiger partial charge in [-0.1, -0.05) is 36.6 Å². The van der Waals surface area contributed by atoms with Crippen LogP contribution in [0.5, 0.6) is 0 Å². The molecule has 0 aromatic heterocycles. The number of rotatable bonds is 4. The van der Waals surface area contributed by atoms with Crippen molar-refractivity contribution in [2.24, 2.45) is 5.92 Å². The van der Waals surface area contributed by atoms with E-state index in [2.05, 4.69) is 22.3 Å². The van der Waals surface area contributed by atoms with E-state index in [0.717, 1.165) is 50.3 Å². The summed E-state index contributed by atoms with van der Waals surface area (Å²) in [7, 11) is 0. The van der Waals surface area contributed by atoms with Gasteiger partial charge in [0.05, 0.1) is 0 Å². The third-order valence-corrected chi connectivity index (χ3v) is 5.15. The Kier molecular flexibility index (Phi) is 5.37. The summed E-state index contributed by atoms with van der Waals surface area (Å²) in [6.45, 7) is 3.01. The second-order valence-electron chi connectivity index (χ2n) is 6.69. The highest BCUT2D eigenvalue weighted by molar-refractivity contribution is 6.30. The lowest BCUT2D eigenvalue weighted by molar-refractivity contribution is -0.125. The fourth-order valence-corrected chi connectivity index (χ4v) is 3.80. The van der Waals surface area contributed by atoms with Crippen LogP contribution in [-0.2, 0) is 11.3 Å². The van der Waals surface area contributed by atoms with E-state index in [-0.39, 0.29) is 11.8 Å². The van der Waals surface area contributed by atoms with E-state index in [4.69, 9.17) is 11.6 Å². The number of hydrogen-bond acceptors (Lipinski definition) is 2. The number of likely N-dealkylation sites (tertiary alicyclic amines) is 1. The van der Waals surface area contributed by atoms with Crippen molar-refractivity contribution in [3.8, 4) is 0 Å². The maximum atomic E-state index is 12.3. The number of halogens is 1. The number of piperidine rings is 1. The molecule has 1 saturated heterocycles. The summed E-state index contributed by atoms with van der Waals surface area (Å²) in [5.74, 6) is 0.558. The topological polar surface area (TPSA) is 32.3 Å². The molecule has 2 fully saturated rings. The van der Waals surface area contributed by atoms with Crippen molar-refractivity contribution in [3.05, 3.63) is 34.9 Å². The Labute approximate surface area is 138 Å². The van der Waals surface area contributed by atoms with Gasteiger partial charge in [-0.3, -0.25) is 9.69 Å². The molecule has 1 aliphatic carbocycles. The van der Waals surface area contributed by atoms with Gasteiger partial charge < -0.3 is 5.32 Å². The number of amides is 1. The molecular formula is C18H25ClN2O. The highest BCUT2D eigenvalue weighted by Crippen LogP contribution is 2.25. The molecule has 1 amide bonds. The zero-order chi connectivity index (χ0) is 15.4. The Morgan fingerprint density at radius 2 is 1.86 bits per heavy atom. The van der Waals surface area contributed by atoms with E-state index >= 15 is 0 Å². The zero-order valence-corrected chi connectivity index (χ0v) is 13.8. The Morgan fingerprint density at radius 3 is 2.59 bits per heavy atom. The second-order valence-corrected chi connectivity index (χ2v) is 7.13. The standard InChI is InChI=1S/C18H25ClN2O/c19-16-9-7-14(8-10-16)12-21-11-3-6-17(13-21)20-18(22)15-4-1-2-5-15/h7-10,15,17H,1-6,11-13H2,(H,20,22)/t17-/m0/s1. The normalized spacial score (nSPS) is 23.6. The summed E-state index contributed by atoms with van der Waals surface area (Å²) in [4.78, 5) is 14.7. The van der Waals surface area contributed by atoms with Gasteiger partial charge in [-0.2, -0.15) is 0 Å². The minimum Gasteiger partial charge on any atom is -0.352 e. The van der Waals surface area contributed by atoms with Crippen LogP contribution in [0.4, 0.5) is 0 Å². The van der Waals surface area contributed by atoms with Gasteiger partial charge >= 0.3 is 0 Å². The average Bonchev–Trinajstić information content (AvgIpc) is 3.04. The van der Waals surface area contributed by atoms with Crippen molar-refractivity contribution in [3.63, 3.8) is 0 Å². The molecule has 1 aliphatic heterocycles. The number of nitrogens with zero attached hydrogens (tertiary/aromatic N) is 1. The Bertz CT molecular complexity index is 496. The molecule has 1 aromatic rings. The van der Waals surface area contributed by atoms with E-state index in [1.165, 1.54) is 18.4 Å². The van der Waals surface area contributed by atoms with Gasteiger partial charge in [-0.25, -0.2) is 0 Å². The lowest BCUT2D eigenvalue weighted by atomic mass is 10.0. The number of carbonyl (C=O) groups excluding carboxylic acids is 1. The molecule has 22 heavy (non-hydrogen) atoms. The van der Waals surface area contributed by atoms with E-state index < -0.39 is 0 Å². The Morgan fingerprint density at radius 1 is 1.14 bits per heavy atom. The van der Waals surface area contributed by atoms with Gasteiger partial charge in [0.15, 0.2) is 0 Å². The fourth-order valence-electron chi connectivity index (χ4n) is 3.67. The molecule has 0 radical (unpaired) electrons. The lowest BCUT2D eigenvalue weighted by Crippen LogP contribution is -2.48. The highest BCUT2D eigenvalue weighted by Gasteiger charge is 2.27. The maximum Gasteiger partial charge on any atom is 0.223 e. The van der Waals surface area contributed by atoms with E-state index in [9.17, 15) is 4.79 Å². The van der Waals surface area contributed by atoms with Crippen LogP contribution >= 0.6 is 11.6 Å².